The van der Waals surface area contributed by atoms with E-state index in [0.29, 0.717) is 31.1 Å². The Labute approximate surface area is 118 Å². The van der Waals surface area contributed by atoms with Crippen molar-refractivity contribution in [3.8, 4) is 0 Å². The van der Waals surface area contributed by atoms with Gasteiger partial charge in [0.2, 0.25) is 11.8 Å². The minimum atomic E-state index is -5.64. The summed E-state index contributed by atoms with van der Waals surface area (Å²) < 4.78 is 74.6. The van der Waals surface area contributed by atoms with Crippen molar-refractivity contribution in [2.45, 2.75) is 12.4 Å². The number of carbonyl (C=O) groups is 1. The molecule has 0 unspecified atom stereocenters. The highest BCUT2D eigenvalue weighted by atomic mass is 19.4. The van der Waals surface area contributed by atoms with Crippen molar-refractivity contribution in [2.75, 3.05) is 46.3 Å². The zero-order chi connectivity index (χ0) is 16.3. The van der Waals surface area contributed by atoms with Crippen LogP contribution in [0.4, 0.5) is 26.3 Å². The van der Waals surface area contributed by atoms with Gasteiger partial charge in [0.25, 0.3) is 0 Å². The number of amides is 1. The predicted molar refractivity (Wildman–Crippen MR) is 62.5 cm³/mol. The van der Waals surface area contributed by atoms with E-state index in [-0.39, 0.29) is 13.1 Å². The summed E-state index contributed by atoms with van der Waals surface area (Å²) in [6.45, 7) is 2.75. The molecule has 21 heavy (non-hydrogen) atoms. The van der Waals surface area contributed by atoms with Crippen LogP contribution in [0.15, 0.2) is 0 Å². The number of halogens is 6. The van der Waals surface area contributed by atoms with Crippen molar-refractivity contribution >= 4 is 5.91 Å². The molecule has 1 aliphatic rings. The molecule has 0 aliphatic carbocycles. The first kappa shape index (κ1) is 18.0. The van der Waals surface area contributed by atoms with Gasteiger partial charge in [-0.3, -0.25) is 9.69 Å². The third-order valence-corrected chi connectivity index (χ3v) is 3.24. The van der Waals surface area contributed by atoms with E-state index in [0.717, 1.165) is 7.05 Å². The minimum Gasteiger partial charge on any atom is -0.344 e. The fourth-order valence-electron chi connectivity index (χ4n) is 2.02. The molecule has 1 saturated heterocycles. The van der Waals surface area contributed by atoms with Gasteiger partial charge in [-0.1, -0.05) is 0 Å². The summed E-state index contributed by atoms with van der Waals surface area (Å²) in [7, 11) is 0.953. The van der Waals surface area contributed by atoms with Crippen LogP contribution in [0, 0.1) is 5.92 Å². The van der Waals surface area contributed by atoms with E-state index >= 15 is 0 Å². The first-order chi connectivity index (χ1) is 9.53. The molecule has 1 aliphatic heterocycles. The lowest BCUT2D eigenvalue weighted by atomic mass is 10.1. The van der Waals surface area contributed by atoms with Crippen LogP contribution in [0.2, 0.25) is 0 Å². The van der Waals surface area contributed by atoms with Crippen molar-refractivity contribution in [3.05, 3.63) is 0 Å². The van der Waals surface area contributed by atoms with Crippen LogP contribution < -0.4 is 5.32 Å². The molecular weight excluding hydrogens is 304 g/mol. The van der Waals surface area contributed by atoms with Gasteiger partial charge in [0.15, 0.2) is 0 Å². The molecule has 0 radical (unpaired) electrons. The molecule has 0 saturated carbocycles. The Kier molecular flexibility index (Phi) is 5.85. The van der Waals surface area contributed by atoms with Crippen molar-refractivity contribution in [2.24, 2.45) is 5.92 Å². The van der Waals surface area contributed by atoms with Gasteiger partial charge in [0.1, 0.15) is 0 Å². The van der Waals surface area contributed by atoms with Gasteiger partial charge in [-0.05, 0) is 0 Å². The lowest BCUT2D eigenvalue weighted by Crippen LogP contribution is -2.51. The Bertz CT molecular complexity index is 337. The predicted octanol–water partition coefficient (Wildman–Crippen LogP) is 1.09. The van der Waals surface area contributed by atoms with Crippen LogP contribution in [0.1, 0.15) is 0 Å². The summed E-state index contributed by atoms with van der Waals surface area (Å²) in [4.78, 5) is 13.8. The van der Waals surface area contributed by atoms with E-state index in [1.165, 1.54) is 0 Å². The van der Waals surface area contributed by atoms with Crippen LogP contribution in [0.3, 0.4) is 0 Å². The molecule has 0 atom stereocenters. The summed E-state index contributed by atoms with van der Waals surface area (Å²) in [6, 6.07) is 0. The number of piperazine rings is 1. The Morgan fingerprint density at radius 2 is 1.62 bits per heavy atom. The van der Waals surface area contributed by atoms with Crippen LogP contribution in [0.5, 0.6) is 0 Å². The van der Waals surface area contributed by atoms with Crippen LogP contribution in [-0.4, -0.2) is 74.4 Å². The fourth-order valence-corrected chi connectivity index (χ4v) is 2.02. The normalized spacial score (nSPS) is 18.1. The summed E-state index contributed by atoms with van der Waals surface area (Å²) in [5, 5.41) is 3.06. The molecule has 1 heterocycles. The molecule has 0 spiro atoms. The van der Waals surface area contributed by atoms with E-state index in [9.17, 15) is 31.1 Å². The highest BCUT2D eigenvalue weighted by Crippen LogP contribution is 2.40. The molecule has 124 valence electrons. The molecule has 1 rings (SSSR count). The Hall–Kier alpha value is -1.03. The lowest BCUT2D eigenvalue weighted by Gasteiger charge is -2.31. The van der Waals surface area contributed by atoms with E-state index < -0.39 is 24.2 Å². The average molecular weight is 321 g/mol. The van der Waals surface area contributed by atoms with Gasteiger partial charge in [-0.15, -0.1) is 0 Å². The Balaban J connectivity index is 2.61. The van der Waals surface area contributed by atoms with E-state index in [1.807, 2.05) is 4.90 Å². The largest absolute Gasteiger partial charge is 0.409 e. The number of nitrogens with zero attached hydrogens (tertiary/aromatic N) is 2. The second kappa shape index (κ2) is 6.82. The first-order valence-corrected chi connectivity index (χ1v) is 6.35. The number of hydrogen-bond acceptors (Lipinski definition) is 3. The minimum absolute atomic E-state index is 0.179. The Morgan fingerprint density at radius 3 is 2.05 bits per heavy atom. The summed E-state index contributed by atoms with van der Waals surface area (Å²) in [6.07, 6.45) is -11.3. The second-order valence-electron chi connectivity index (χ2n) is 4.87. The molecule has 1 amide bonds. The molecule has 0 aromatic heterocycles. The fraction of sp³-hybridized carbons (Fsp3) is 0.909. The number of nitrogens with one attached hydrogen (secondary N) is 1. The van der Waals surface area contributed by atoms with Gasteiger partial charge >= 0.3 is 12.4 Å². The van der Waals surface area contributed by atoms with E-state index in [2.05, 4.69) is 5.32 Å². The zero-order valence-electron chi connectivity index (χ0n) is 11.4. The zero-order valence-corrected chi connectivity index (χ0v) is 11.4. The first-order valence-electron chi connectivity index (χ1n) is 6.35. The topological polar surface area (TPSA) is 35.6 Å². The molecule has 0 bridgehead atoms. The molecule has 4 nitrogen and oxygen atoms in total. The number of carbonyl (C=O) groups excluding carboxylic acids is 1. The highest BCUT2D eigenvalue weighted by Gasteiger charge is 2.61. The van der Waals surface area contributed by atoms with Crippen LogP contribution in [0.25, 0.3) is 0 Å². The van der Waals surface area contributed by atoms with Gasteiger partial charge < -0.3 is 10.2 Å². The monoisotopic (exact) mass is 321 g/mol. The third kappa shape index (κ3) is 5.34. The smallest absolute Gasteiger partial charge is 0.344 e. The quantitative estimate of drug-likeness (QED) is 0.788. The molecular formula is C11H17F6N3O. The van der Waals surface area contributed by atoms with Crippen molar-refractivity contribution in [1.29, 1.82) is 0 Å². The molecule has 10 heteroatoms. The third-order valence-electron chi connectivity index (χ3n) is 3.24. The standard InChI is InChI=1S/C11H17F6N3O/c1-19(6-7-20-4-2-18-3-5-20)9(21)8(10(12,13)14)11(15,16)17/h8,18H,2-7H2,1H3. The highest BCUT2D eigenvalue weighted by molar-refractivity contribution is 5.80. The van der Waals surface area contributed by atoms with Gasteiger partial charge in [0.05, 0.1) is 0 Å². The summed E-state index contributed by atoms with van der Waals surface area (Å²) in [5.41, 5.74) is 0. The number of likely N-dealkylation sites (N-methyl/N-ethyl adjacent to an activating group) is 1. The van der Waals surface area contributed by atoms with E-state index in [1.54, 1.807) is 0 Å². The average Bonchev–Trinajstić information content (AvgIpc) is 2.33. The van der Waals surface area contributed by atoms with Gasteiger partial charge in [0, 0.05) is 46.3 Å². The van der Waals surface area contributed by atoms with Crippen molar-refractivity contribution in [1.82, 2.24) is 15.1 Å². The van der Waals surface area contributed by atoms with Crippen LogP contribution >= 0.6 is 0 Å². The second-order valence-corrected chi connectivity index (χ2v) is 4.87. The number of hydrogen-bond donors (Lipinski definition) is 1. The number of alkyl halides is 6. The molecule has 0 aromatic rings. The van der Waals surface area contributed by atoms with Crippen LogP contribution in [-0.2, 0) is 4.79 Å². The van der Waals surface area contributed by atoms with Gasteiger partial charge in [-0.25, -0.2) is 0 Å². The molecule has 1 N–H and O–H groups in total. The Morgan fingerprint density at radius 1 is 1.14 bits per heavy atom. The van der Waals surface area contributed by atoms with Gasteiger partial charge in [-0.2, -0.15) is 26.3 Å². The van der Waals surface area contributed by atoms with Crippen molar-refractivity contribution < 1.29 is 31.1 Å². The summed E-state index contributed by atoms with van der Waals surface area (Å²) in [5.74, 6) is -5.93. The number of rotatable bonds is 4. The SMILES string of the molecule is CN(CCN1CCNCC1)C(=O)C(C(F)(F)F)C(F)(F)F. The molecule has 0 aromatic carbocycles. The maximum absolute atomic E-state index is 12.4. The molecule has 1 fully saturated rings. The summed E-state index contributed by atoms with van der Waals surface area (Å²) >= 11 is 0. The maximum atomic E-state index is 12.4. The lowest BCUT2D eigenvalue weighted by molar-refractivity contribution is -0.277. The van der Waals surface area contributed by atoms with Crippen molar-refractivity contribution in [3.63, 3.8) is 0 Å². The van der Waals surface area contributed by atoms with E-state index in [4.69, 9.17) is 0 Å². The maximum Gasteiger partial charge on any atom is 0.409 e.